The standard InChI is InChI=1S/C17H19N3O2S/c1-4-20-11-16(14-6-5-9-18-17(14)20)23(21,22)19-15-8-7-12(2)10-13(15)3/h5-11,19H,4H2,1-3H3. The first-order chi connectivity index (χ1) is 10.9. The third kappa shape index (κ3) is 2.82. The molecule has 3 aromatic rings. The molecule has 0 bridgehead atoms. The van der Waals surface area contributed by atoms with Gasteiger partial charge in [-0.3, -0.25) is 4.72 Å². The molecule has 1 aromatic carbocycles. The molecule has 2 heterocycles. The highest BCUT2D eigenvalue weighted by molar-refractivity contribution is 7.93. The zero-order valence-corrected chi connectivity index (χ0v) is 14.2. The number of rotatable bonds is 4. The van der Waals surface area contributed by atoms with Crippen molar-refractivity contribution >= 4 is 26.7 Å². The molecule has 0 fully saturated rings. The zero-order chi connectivity index (χ0) is 16.6. The second-order valence-electron chi connectivity index (χ2n) is 5.58. The summed E-state index contributed by atoms with van der Waals surface area (Å²) in [4.78, 5) is 4.55. The van der Waals surface area contributed by atoms with Crippen LogP contribution in [-0.4, -0.2) is 18.0 Å². The van der Waals surface area contributed by atoms with E-state index in [1.807, 2.05) is 37.5 Å². The van der Waals surface area contributed by atoms with E-state index in [-0.39, 0.29) is 4.90 Å². The van der Waals surface area contributed by atoms with Crippen LogP contribution in [0.3, 0.4) is 0 Å². The van der Waals surface area contributed by atoms with Crippen molar-refractivity contribution in [1.82, 2.24) is 9.55 Å². The largest absolute Gasteiger partial charge is 0.331 e. The molecule has 0 aliphatic heterocycles. The number of aromatic nitrogens is 2. The summed E-state index contributed by atoms with van der Waals surface area (Å²) in [5.41, 5.74) is 3.26. The highest BCUT2D eigenvalue weighted by Crippen LogP contribution is 2.27. The van der Waals surface area contributed by atoms with Crippen LogP contribution in [0.5, 0.6) is 0 Å². The smallest absolute Gasteiger partial charge is 0.264 e. The second-order valence-corrected chi connectivity index (χ2v) is 7.23. The lowest BCUT2D eigenvalue weighted by atomic mass is 10.1. The van der Waals surface area contributed by atoms with Crippen molar-refractivity contribution < 1.29 is 8.42 Å². The molecule has 0 radical (unpaired) electrons. The summed E-state index contributed by atoms with van der Waals surface area (Å²) in [5.74, 6) is 0. The lowest BCUT2D eigenvalue weighted by Gasteiger charge is -2.10. The number of sulfonamides is 1. The van der Waals surface area contributed by atoms with Gasteiger partial charge in [-0.2, -0.15) is 0 Å². The topological polar surface area (TPSA) is 64.0 Å². The van der Waals surface area contributed by atoms with Crippen LogP contribution in [0.4, 0.5) is 5.69 Å². The van der Waals surface area contributed by atoms with Crippen molar-refractivity contribution in [3.63, 3.8) is 0 Å². The number of aryl methyl sites for hydroxylation is 3. The van der Waals surface area contributed by atoms with Crippen molar-refractivity contribution in [2.75, 3.05) is 4.72 Å². The Labute approximate surface area is 136 Å². The van der Waals surface area contributed by atoms with Gasteiger partial charge in [-0.1, -0.05) is 17.7 Å². The normalized spacial score (nSPS) is 11.8. The SMILES string of the molecule is CCn1cc(S(=O)(=O)Nc2ccc(C)cc2C)c2cccnc21. The number of benzene rings is 1. The van der Waals surface area contributed by atoms with Gasteiger partial charge >= 0.3 is 0 Å². The highest BCUT2D eigenvalue weighted by Gasteiger charge is 2.22. The van der Waals surface area contributed by atoms with Crippen LogP contribution < -0.4 is 4.72 Å². The highest BCUT2D eigenvalue weighted by atomic mass is 32.2. The molecule has 120 valence electrons. The number of fused-ring (bicyclic) bond motifs is 1. The van der Waals surface area contributed by atoms with E-state index in [9.17, 15) is 8.42 Å². The Bertz CT molecular complexity index is 975. The molecular weight excluding hydrogens is 310 g/mol. The van der Waals surface area contributed by atoms with Gasteiger partial charge in [0.05, 0.1) is 5.69 Å². The summed E-state index contributed by atoms with van der Waals surface area (Å²) in [6.07, 6.45) is 3.31. The van der Waals surface area contributed by atoms with Gasteiger partial charge in [0.1, 0.15) is 10.5 Å². The molecular formula is C17H19N3O2S. The van der Waals surface area contributed by atoms with Crippen molar-refractivity contribution in [3.05, 3.63) is 53.9 Å². The zero-order valence-electron chi connectivity index (χ0n) is 13.4. The summed E-state index contributed by atoms with van der Waals surface area (Å²) in [7, 11) is -3.68. The number of nitrogens with zero attached hydrogens (tertiary/aromatic N) is 2. The van der Waals surface area contributed by atoms with Gasteiger partial charge < -0.3 is 4.57 Å². The van der Waals surface area contributed by atoms with Crippen LogP contribution in [0.2, 0.25) is 0 Å². The molecule has 2 aromatic heterocycles. The Morgan fingerprint density at radius 2 is 2.00 bits per heavy atom. The van der Waals surface area contributed by atoms with Crippen LogP contribution in [-0.2, 0) is 16.6 Å². The summed E-state index contributed by atoms with van der Waals surface area (Å²) in [6, 6.07) is 9.17. The molecule has 3 rings (SSSR count). The molecule has 5 nitrogen and oxygen atoms in total. The van der Waals surface area contributed by atoms with Gasteiger partial charge in [-0.05, 0) is 44.5 Å². The summed E-state index contributed by atoms with van der Waals surface area (Å²) >= 11 is 0. The Balaban J connectivity index is 2.10. The fourth-order valence-electron chi connectivity index (χ4n) is 2.67. The van der Waals surface area contributed by atoms with E-state index in [1.165, 1.54) is 0 Å². The van der Waals surface area contributed by atoms with Crippen molar-refractivity contribution in [2.24, 2.45) is 0 Å². The number of pyridine rings is 1. The number of nitrogens with one attached hydrogen (secondary N) is 1. The lowest BCUT2D eigenvalue weighted by molar-refractivity contribution is 0.601. The molecule has 0 aliphatic rings. The third-order valence-corrected chi connectivity index (χ3v) is 5.25. The maximum absolute atomic E-state index is 12.8. The Hall–Kier alpha value is -2.34. The molecule has 0 aliphatic carbocycles. The Morgan fingerprint density at radius 1 is 1.22 bits per heavy atom. The van der Waals surface area contributed by atoms with Gasteiger partial charge in [-0.15, -0.1) is 0 Å². The van der Waals surface area contributed by atoms with E-state index in [1.54, 1.807) is 30.6 Å². The predicted octanol–water partition coefficient (Wildman–Crippen LogP) is 3.47. The van der Waals surface area contributed by atoms with Gasteiger partial charge in [0.25, 0.3) is 10.0 Å². The minimum Gasteiger partial charge on any atom is -0.331 e. The predicted molar refractivity (Wildman–Crippen MR) is 92.1 cm³/mol. The van der Waals surface area contributed by atoms with Crippen molar-refractivity contribution in [3.8, 4) is 0 Å². The van der Waals surface area contributed by atoms with E-state index < -0.39 is 10.0 Å². The quantitative estimate of drug-likeness (QED) is 0.797. The van der Waals surface area contributed by atoms with Crippen LogP contribution in [0, 0.1) is 13.8 Å². The molecule has 6 heteroatoms. The molecule has 0 spiro atoms. The lowest BCUT2D eigenvalue weighted by Crippen LogP contribution is -2.13. The number of hydrogen-bond acceptors (Lipinski definition) is 3. The van der Waals surface area contributed by atoms with Gasteiger partial charge in [0.15, 0.2) is 0 Å². The van der Waals surface area contributed by atoms with Crippen LogP contribution in [0.25, 0.3) is 11.0 Å². The maximum atomic E-state index is 12.8. The molecule has 1 N–H and O–H groups in total. The second kappa shape index (κ2) is 5.70. The fourth-order valence-corrected chi connectivity index (χ4v) is 4.02. The molecule has 0 atom stereocenters. The minimum atomic E-state index is -3.68. The van der Waals surface area contributed by atoms with E-state index >= 15 is 0 Å². The first kappa shape index (κ1) is 15.6. The molecule has 0 saturated heterocycles. The van der Waals surface area contributed by atoms with Crippen LogP contribution in [0.1, 0.15) is 18.1 Å². The Kier molecular flexibility index (Phi) is 3.85. The number of anilines is 1. The average Bonchev–Trinajstić information content (AvgIpc) is 2.90. The monoisotopic (exact) mass is 329 g/mol. The van der Waals surface area contributed by atoms with Gasteiger partial charge in [0, 0.05) is 24.3 Å². The summed E-state index contributed by atoms with van der Waals surface area (Å²) in [6.45, 7) is 6.49. The average molecular weight is 329 g/mol. The first-order valence-electron chi connectivity index (χ1n) is 7.46. The van der Waals surface area contributed by atoms with E-state index in [0.717, 1.165) is 11.1 Å². The molecule has 23 heavy (non-hydrogen) atoms. The first-order valence-corrected chi connectivity index (χ1v) is 8.94. The molecule has 0 saturated carbocycles. The summed E-state index contributed by atoms with van der Waals surface area (Å²) in [5, 5.41) is 0.631. The minimum absolute atomic E-state index is 0.252. The van der Waals surface area contributed by atoms with E-state index in [0.29, 0.717) is 23.3 Å². The van der Waals surface area contributed by atoms with Gasteiger partial charge in [0.2, 0.25) is 0 Å². The molecule has 0 amide bonds. The van der Waals surface area contributed by atoms with Crippen molar-refractivity contribution in [2.45, 2.75) is 32.2 Å². The maximum Gasteiger partial charge on any atom is 0.264 e. The van der Waals surface area contributed by atoms with Crippen molar-refractivity contribution in [1.29, 1.82) is 0 Å². The van der Waals surface area contributed by atoms with Gasteiger partial charge in [-0.25, -0.2) is 13.4 Å². The fraction of sp³-hybridized carbons (Fsp3) is 0.235. The van der Waals surface area contributed by atoms with E-state index in [2.05, 4.69) is 9.71 Å². The Morgan fingerprint density at radius 3 is 2.70 bits per heavy atom. The van der Waals surface area contributed by atoms with Crippen LogP contribution >= 0.6 is 0 Å². The third-order valence-electron chi connectivity index (χ3n) is 3.85. The van der Waals surface area contributed by atoms with Crippen LogP contribution in [0.15, 0.2) is 47.6 Å². The number of hydrogen-bond donors (Lipinski definition) is 1. The summed E-state index contributed by atoms with van der Waals surface area (Å²) < 4.78 is 30.2. The molecule has 0 unspecified atom stereocenters. The van der Waals surface area contributed by atoms with E-state index in [4.69, 9.17) is 0 Å².